The molecule has 29 heavy (non-hydrogen) atoms. The Morgan fingerprint density at radius 2 is 1.97 bits per heavy atom. The molecule has 2 heterocycles. The van der Waals surface area contributed by atoms with Gasteiger partial charge in [0.15, 0.2) is 5.69 Å². The molecule has 0 radical (unpaired) electrons. The Bertz CT molecular complexity index is 1000. The van der Waals surface area contributed by atoms with Crippen LogP contribution < -0.4 is 4.74 Å². The van der Waals surface area contributed by atoms with E-state index in [-0.39, 0.29) is 18.2 Å². The van der Waals surface area contributed by atoms with E-state index in [2.05, 4.69) is 10.3 Å². The van der Waals surface area contributed by atoms with Gasteiger partial charge in [-0.15, -0.1) is 0 Å². The number of ether oxygens (including phenoxy) is 1. The average Bonchev–Trinajstić information content (AvgIpc) is 3.23. The average molecular weight is 417 g/mol. The molecule has 3 rings (SSSR count). The Morgan fingerprint density at radius 1 is 1.28 bits per heavy atom. The molecule has 8 heteroatoms. The molecule has 1 amide bonds. The molecule has 0 unspecified atom stereocenters. The van der Waals surface area contributed by atoms with Crippen LogP contribution in [-0.2, 0) is 19.7 Å². The molecule has 0 saturated heterocycles. The number of para-hydroxylation sites is 1. The Labute approximate surface area is 175 Å². The van der Waals surface area contributed by atoms with Crippen LogP contribution in [-0.4, -0.2) is 32.8 Å². The van der Waals surface area contributed by atoms with E-state index in [1.54, 1.807) is 29.7 Å². The molecule has 2 aromatic heterocycles. The molecule has 0 saturated carbocycles. The van der Waals surface area contributed by atoms with Crippen molar-refractivity contribution in [1.82, 2.24) is 19.8 Å². The zero-order valence-corrected chi connectivity index (χ0v) is 18.1. The number of carbonyl (C=O) groups is 1. The number of hydrogen-bond donors (Lipinski definition) is 0. The predicted molar refractivity (Wildman–Crippen MR) is 110 cm³/mol. The van der Waals surface area contributed by atoms with E-state index < -0.39 is 0 Å². The minimum Gasteiger partial charge on any atom is -0.488 e. The molecule has 3 aromatic rings. The van der Waals surface area contributed by atoms with Crippen LogP contribution in [0.3, 0.4) is 0 Å². The summed E-state index contributed by atoms with van der Waals surface area (Å²) >= 11 is 6.23. The Hall–Kier alpha value is -2.80. The van der Waals surface area contributed by atoms with Crippen molar-refractivity contribution >= 4 is 17.5 Å². The Morgan fingerprint density at radius 3 is 2.62 bits per heavy atom. The molecule has 0 atom stereocenters. The van der Waals surface area contributed by atoms with E-state index in [1.165, 1.54) is 0 Å². The summed E-state index contributed by atoms with van der Waals surface area (Å²) < 4.78 is 13.1. The second-order valence-electron chi connectivity index (χ2n) is 6.99. The second kappa shape index (κ2) is 8.69. The van der Waals surface area contributed by atoms with Crippen molar-refractivity contribution < 1.29 is 14.1 Å². The summed E-state index contributed by atoms with van der Waals surface area (Å²) in [6, 6.07) is 5.96. The summed E-state index contributed by atoms with van der Waals surface area (Å²) in [5, 5.41) is 8.73. The normalized spacial score (nSPS) is 11.0. The lowest BCUT2D eigenvalue weighted by Crippen LogP contribution is -2.29. The first kappa shape index (κ1) is 20.9. The van der Waals surface area contributed by atoms with Crippen LogP contribution in [0, 0.1) is 20.8 Å². The van der Waals surface area contributed by atoms with E-state index >= 15 is 0 Å². The maximum atomic E-state index is 13.0. The van der Waals surface area contributed by atoms with Crippen molar-refractivity contribution in [3.05, 3.63) is 63.3 Å². The van der Waals surface area contributed by atoms with Gasteiger partial charge in [-0.3, -0.25) is 9.48 Å². The number of amides is 1. The van der Waals surface area contributed by atoms with E-state index in [9.17, 15) is 4.79 Å². The fourth-order valence-electron chi connectivity index (χ4n) is 3.20. The molecule has 7 nitrogen and oxygen atoms in total. The molecular formula is C21H25ClN4O3. The second-order valence-corrected chi connectivity index (χ2v) is 7.40. The summed E-state index contributed by atoms with van der Waals surface area (Å²) in [6.45, 7) is 8.90. The minimum absolute atomic E-state index is 0.198. The predicted octanol–water partition coefficient (Wildman–Crippen LogP) is 4.32. The summed E-state index contributed by atoms with van der Waals surface area (Å²) in [7, 11) is 1.70. The number of aromatic nitrogens is 3. The minimum atomic E-state index is -0.262. The molecule has 1 aromatic carbocycles. The van der Waals surface area contributed by atoms with Gasteiger partial charge in [-0.2, -0.15) is 5.10 Å². The SMILES string of the molecule is CCn1ncc(Cl)c1CN(C)C(=O)c1noc(C)c1COc1c(C)cccc1C. The number of rotatable bonds is 7. The van der Waals surface area contributed by atoms with E-state index in [0.29, 0.717) is 29.4 Å². The van der Waals surface area contributed by atoms with Crippen LogP contribution in [0.2, 0.25) is 5.02 Å². The van der Waals surface area contributed by atoms with Gasteiger partial charge >= 0.3 is 0 Å². The van der Waals surface area contributed by atoms with Crippen LogP contribution in [0.5, 0.6) is 5.75 Å². The van der Waals surface area contributed by atoms with Crippen LogP contribution >= 0.6 is 11.6 Å². The fraction of sp³-hybridized carbons (Fsp3) is 0.381. The third-order valence-corrected chi connectivity index (χ3v) is 5.20. The molecule has 0 aliphatic rings. The summed E-state index contributed by atoms with van der Waals surface area (Å²) in [5.41, 5.74) is 3.73. The monoisotopic (exact) mass is 416 g/mol. The zero-order valence-electron chi connectivity index (χ0n) is 17.3. The van der Waals surface area contributed by atoms with Crippen LogP contribution in [0.15, 0.2) is 28.9 Å². The van der Waals surface area contributed by atoms with Crippen molar-refractivity contribution in [3.8, 4) is 5.75 Å². The summed E-state index contributed by atoms with van der Waals surface area (Å²) in [6.07, 6.45) is 1.59. The van der Waals surface area contributed by atoms with Crippen LogP contribution in [0.25, 0.3) is 0 Å². The standard InChI is InChI=1S/C21H25ClN4O3/c1-6-26-18(17(22)10-23-26)11-25(5)21(27)19-16(15(4)29-24-19)12-28-20-13(2)8-7-9-14(20)3/h7-10H,6,11-12H2,1-5H3. The number of hydrogen-bond acceptors (Lipinski definition) is 5. The van der Waals surface area contributed by atoms with E-state index in [0.717, 1.165) is 22.6 Å². The molecule has 154 valence electrons. The molecular weight excluding hydrogens is 392 g/mol. The molecule has 0 spiro atoms. The summed E-state index contributed by atoms with van der Waals surface area (Å²) in [4.78, 5) is 14.6. The van der Waals surface area contributed by atoms with E-state index in [1.807, 2.05) is 39.0 Å². The molecule has 0 aliphatic carbocycles. The quantitative estimate of drug-likeness (QED) is 0.573. The van der Waals surface area contributed by atoms with Crippen molar-refractivity contribution in [2.75, 3.05) is 7.05 Å². The molecule has 0 fully saturated rings. The lowest BCUT2D eigenvalue weighted by molar-refractivity contribution is 0.0769. The van der Waals surface area contributed by atoms with E-state index in [4.69, 9.17) is 20.9 Å². The van der Waals surface area contributed by atoms with Crippen LogP contribution in [0.4, 0.5) is 0 Å². The molecule has 0 aliphatic heterocycles. The first-order valence-corrected chi connectivity index (χ1v) is 9.81. The van der Waals surface area contributed by atoms with Crippen LogP contribution in [0.1, 0.15) is 45.6 Å². The number of halogens is 1. The largest absolute Gasteiger partial charge is 0.488 e. The molecule has 0 N–H and O–H groups in total. The number of carbonyl (C=O) groups excluding carboxylic acids is 1. The van der Waals surface area contributed by atoms with Crippen molar-refractivity contribution in [3.63, 3.8) is 0 Å². The highest BCUT2D eigenvalue weighted by atomic mass is 35.5. The highest BCUT2D eigenvalue weighted by molar-refractivity contribution is 6.31. The van der Waals surface area contributed by atoms with Gasteiger partial charge in [-0.05, 0) is 38.8 Å². The first-order valence-electron chi connectivity index (χ1n) is 9.43. The zero-order chi connectivity index (χ0) is 21.1. The highest BCUT2D eigenvalue weighted by Gasteiger charge is 2.25. The van der Waals surface area contributed by atoms with Gasteiger partial charge in [0.25, 0.3) is 5.91 Å². The van der Waals surface area contributed by atoms with Gasteiger partial charge in [0.1, 0.15) is 18.1 Å². The van der Waals surface area contributed by atoms with Crippen molar-refractivity contribution in [1.29, 1.82) is 0 Å². The first-order chi connectivity index (χ1) is 13.8. The number of nitrogens with zero attached hydrogens (tertiary/aromatic N) is 4. The Kier molecular flexibility index (Phi) is 6.27. The Balaban J connectivity index is 1.79. The highest BCUT2D eigenvalue weighted by Crippen LogP contribution is 2.25. The third kappa shape index (κ3) is 4.29. The fourth-order valence-corrected chi connectivity index (χ4v) is 3.40. The van der Waals surface area contributed by atoms with Gasteiger partial charge in [-0.1, -0.05) is 35.0 Å². The van der Waals surface area contributed by atoms with Gasteiger partial charge in [0.05, 0.1) is 29.0 Å². The van der Waals surface area contributed by atoms with Crippen molar-refractivity contribution in [2.45, 2.75) is 47.4 Å². The lowest BCUT2D eigenvalue weighted by atomic mass is 10.1. The van der Waals surface area contributed by atoms with Gasteiger partial charge in [0, 0.05) is 13.6 Å². The van der Waals surface area contributed by atoms with Gasteiger partial charge in [0.2, 0.25) is 0 Å². The smallest absolute Gasteiger partial charge is 0.276 e. The maximum Gasteiger partial charge on any atom is 0.276 e. The maximum absolute atomic E-state index is 13.0. The van der Waals surface area contributed by atoms with Gasteiger partial charge in [-0.25, -0.2) is 0 Å². The van der Waals surface area contributed by atoms with Crippen molar-refractivity contribution in [2.24, 2.45) is 0 Å². The third-order valence-electron chi connectivity index (χ3n) is 4.89. The summed E-state index contributed by atoms with van der Waals surface area (Å²) in [5.74, 6) is 1.10. The number of benzene rings is 1. The topological polar surface area (TPSA) is 73.4 Å². The molecule has 0 bridgehead atoms. The van der Waals surface area contributed by atoms with Gasteiger partial charge < -0.3 is 14.2 Å². The lowest BCUT2D eigenvalue weighted by Gasteiger charge is -2.18. The number of aryl methyl sites for hydroxylation is 4.